The number of hydrogen-bond donors (Lipinski definition) is 1. The molecule has 1 aromatic heterocycles. The molecule has 0 spiro atoms. The van der Waals surface area contributed by atoms with Crippen molar-refractivity contribution in [3.8, 4) is 0 Å². The number of nitrogens with zero attached hydrogens (tertiary/aromatic N) is 2. The van der Waals surface area contributed by atoms with E-state index in [4.69, 9.17) is 5.73 Å². The average Bonchev–Trinajstić information content (AvgIpc) is 2.04. The van der Waals surface area contributed by atoms with E-state index in [9.17, 15) is 4.39 Å². The molecule has 0 aliphatic carbocycles. The molecule has 0 aliphatic heterocycles. The monoisotopic (exact) mass is 181 g/mol. The summed E-state index contributed by atoms with van der Waals surface area (Å²) in [4.78, 5) is 7.89. The van der Waals surface area contributed by atoms with Gasteiger partial charge in [0.2, 0.25) is 0 Å². The van der Waals surface area contributed by atoms with Crippen molar-refractivity contribution in [2.75, 3.05) is 0 Å². The van der Waals surface area contributed by atoms with Gasteiger partial charge in [0.05, 0.1) is 6.20 Å². The molecule has 1 aromatic rings. The van der Waals surface area contributed by atoms with E-state index in [2.05, 4.69) is 9.98 Å². The van der Waals surface area contributed by atoms with Gasteiger partial charge in [-0.25, -0.2) is 9.37 Å². The summed E-state index contributed by atoms with van der Waals surface area (Å²) in [7, 11) is 0. The molecule has 3 nitrogen and oxygen atoms in total. The molecule has 0 saturated carbocycles. The number of aromatic nitrogens is 1. The summed E-state index contributed by atoms with van der Waals surface area (Å²) in [5, 5.41) is 0. The zero-order valence-electron chi connectivity index (χ0n) is 7.66. The highest BCUT2D eigenvalue weighted by Gasteiger charge is 2.00. The Labute approximate surface area is 76.5 Å². The van der Waals surface area contributed by atoms with Crippen LogP contribution in [0.15, 0.2) is 23.3 Å². The lowest BCUT2D eigenvalue weighted by Crippen LogP contribution is -2.17. The first-order valence-electron chi connectivity index (χ1n) is 4.05. The van der Waals surface area contributed by atoms with E-state index in [1.54, 1.807) is 0 Å². The summed E-state index contributed by atoms with van der Waals surface area (Å²) in [6.07, 6.45) is 1.12. The first kappa shape index (κ1) is 9.64. The van der Waals surface area contributed by atoms with Gasteiger partial charge < -0.3 is 5.73 Å². The van der Waals surface area contributed by atoms with Crippen LogP contribution in [-0.2, 0) is 0 Å². The Morgan fingerprint density at radius 2 is 2.23 bits per heavy atom. The molecular weight excluding hydrogens is 169 g/mol. The maximum Gasteiger partial charge on any atom is 0.144 e. The predicted octanol–water partition coefficient (Wildman–Crippen LogP) is 1.33. The van der Waals surface area contributed by atoms with Gasteiger partial charge in [-0.2, -0.15) is 0 Å². The second kappa shape index (κ2) is 3.98. The van der Waals surface area contributed by atoms with E-state index in [-0.39, 0.29) is 11.9 Å². The van der Waals surface area contributed by atoms with Crippen LogP contribution >= 0.6 is 0 Å². The van der Waals surface area contributed by atoms with E-state index in [0.29, 0.717) is 11.5 Å². The highest BCUT2D eigenvalue weighted by atomic mass is 19.1. The largest absolute Gasteiger partial charge is 0.382 e. The molecule has 0 atom stereocenters. The minimum atomic E-state index is -0.374. The Hall–Kier alpha value is -1.45. The molecule has 1 rings (SSSR count). The highest BCUT2D eigenvalue weighted by molar-refractivity contribution is 5.95. The molecule has 0 unspecified atom stereocenters. The van der Waals surface area contributed by atoms with Crippen LogP contribution in [0.4, 0.5) is 4.39 Å². The minimum absolute atomic E-state index is 0.117. The van der Waals surface area contributed by atoms with Crippen molar-refractivity contribution in [2.45, 2.75) is 19.9 Å². The predicted molar refractivity (Wildman–Crippen MR) is 50.1 cm³/mol. The normalized spacial score (nSPS) is 12.2. The Morgan fingerprint density at radius 3 is 2.69 bits per heavy atom. The molecule has 13 heavy (non-hydrogen) atoms. The smallest absolute Gasteiger partial charge is 0.144 e. The molecule has 0 aromatic carbocycles. The molecule has 0 aliphatic rings. The zero-order valence-corrected chi connectivity index (χ0v) is 7.66. The van der Waals surface area contributed by atoms with Crippen LogP contribution < -0.4 is 5.73 Å². The van der Waals surface area contributed by atoms with Crippen molar-refractivity contribution in [3.05, 3.63) is 29.8 Å². The van der Waals surface area contributed by atoms with Crippen LogP contribution in [0.5, 0.6) is 0 Å². The van der Waals surface area contributed by atoms with Crippen molar-refractivity contribution in [2.24, 2.45) is 10.7 Å². The van der Waals surface area contributed by atoms with Crippen LogP contribution in [0.1, 0.15) is 19.5 Å². The Morgan fingerprint density at radius 1 is 1.54 bits per heavy atom. The number of rotatable bonds is 2. The molecule has 0 amide bonds. The van der Waals surface area contributed by atoms with E-state index in [1.807, 2.05) is 13.8 Å². The molecule has 1 heterocycles. The zero-order chi connectivity index (χ0) is 9.84. The lowest BCUT2D eigenvalue weighted by atomic mass is 10.3. The molecule has 4 heteroatoms. The topological polar surface area (TPSA) is 51.3 Å². The fraction of sp³-hybridized carbons (Fsp3) is 0.333. The van der Waals surface area contributed by atoms with Crippen molar-refractivity contribution < 1.29 is 4.39 Å². The third-order valence-electron chi connectivity index (χ3n) is 1.39. The second-order valence-electron chi connectivity index (χ2n) is 2.97. The van der Waals surface area contributed by atoms with E-state index in [0.717, 1.165) is 6.20 Å². The summed E-state index contributed by atoms with van der Waals surface area (Å²) in [6.45, 7) is 3.83. The number of amidine groups is 1. The summed E-state index contributed by atoms with van der Waals surface area (Å²) >= 11 is 0. The van der Waals surface area contributed by atoms with E-state index in [1.165, 1.54) is 12.1 Å². The van der Waals surface area contributed by atoms with Crippen LogP contribution in [0.25, 0.3) is 0 Å². The Kier molecular flexibility index (Phi) is 2.95. The van der Waals surface area contributed by atoms with Gasteiger partial charge in [0, 0.05) is 6.04 Å². The number of pyridine rings is 1. The van der Waals surface area contributed by atoms with Gasteiger partial charge in [0.1, 0.15) is 17.3 Å². The van der Waals surface area contributed by atoms with E-state index >= 15 is 0 Å². The van der Waals surface area contributed by atoms with E-state index < -0.39 is 0 Å². The van der Waals surface area contributed by atoms with Gasteiger partial charge in [-0.3, -0.25) is 4.99 Å². The standard InChI is InChI=1S/C9H12FN3/c1-6(2)13-9(11)8-4-3-7(10)5-12-8/h3-6H,1-2H3,(H2,11,13). The third-order valence-corrected chi connectivity index (χ3v) is 1.39. The van der Waals surface area contributed by atoms with Crippen LogP contribution in [0.3, 0.4) is 0 Å². The van der Waals surface area contributed by atoms with Gasteiger partial charge in [-0.1, -0.05) is 0 Å². The summed E-state index contributed by atoms with van der Waals surface area (Å²) in [5.74, 6) is -0.0314. The fourth-order valence-corrected chi connectivity index (χ4v) is 0.872. The molecular formula is C9H12FN3. The number of nitrogens with two attached hydrogens (primary N) is 1. The minimum Gasteiger partial charge on any atom is -0.382 e. The van der Waals surface area contributed by atoms with Crippen LogP contribution in [0, 0.1) is 5.82 Å². The third kappa shape index (κ3) is 2.82. The number of hydrogen-bond acceptors (Lipinski definition) is 2. The quantitative estimate of drug-likeness (QED) is 0.552. The number of halogens is 1. The summed E-state index contributed by atoms with van der Waals surface area (Å²) in [6, 6.07) is 2.94. The number of aliphatic imine (C=N–C) groups is 1. The van der Waals surface area contributed by atoms with Crippen molar-refractivity contribution >= 4 is 5.84 Å². The molecule has 0 bridgehead atoms. The van der Waals surface area contributed by atoms with Crippen molar-refractivity contribution in [1.82, 2.24) is 4.98 Å². The van der Waals surface area contributed by atoms with Gasteiger partial charge in [0.25, 0.3) is 0 Å². The maximum absolute atomic E-state index is 12.5. The van der Waals surface area contributed by atoms with Gasteiger partial charge in [-0.15, -0.1) is 0 Å². The molecule has 0 fully saturated rings. The summed E-state index contributed by atoms with van der Waals surface area (Å²) in [5.41, 5.74) is 6.12. The fourth-order valence-electron chi connectivity index (χ4n) is 0.872. The van der Waals surface area contributed by atoms with Crippen LogP contribution in [0.2, 0.25) is 0 Å². The average molecular weight is 181 g/mol. The summed E-state index contributed by atoms with van der Waals surface area (Å²) < 4.78 is 12.5. The van der Waals surface area contributed by atoms with Crippen molar-refractivity contribution in [1.29, 1.82) is 0 Å². The Balaban J connectivity index is 2.89. The SMILES string of the molecule is CC(C)N=C(N)c1ccc(F)cn1. The first-order chi connectivity index (χ1) is 6.09. The molecule has 2 N–H and O–H groups in total. The van der Waals surface area contributed by atoms with Crippen molar-refractivity contribution in [3.63, 3.8) is 0 Å². The van der Waals surface area contributed by atoms with Gasteiger partial charge in [-0.05, 0) is 26.0 Å². The molecule has 0 saturated heterocycles. The van der Waals surface area contributed by atoms with Gasteiger partial charge >= 0.3 is 0 Å². The molecule has 0 radical (unpaired) electrons. The first-order valence-corrected chi connectivity index (χ1v) is 4.05. The van der Waals surface area contributed by atoms with Crippen LogP contribution in [-0.4, -0.2) is 16.9 Å². The second-order valence-corrected chi connectivity index (χ2v) is 2.97. The maximum atomic E-state index is 12.5. The molecule has 70 valence electrons. The highest BCUT2D eigenvalue weighted by Crippen LogP contribution is 1.99. The lowest BCUT2D eigenvalue weighted by Gasteiger charge is -2.01. The Bertz CT molecular complexity index is 303. The van der Waals surface area contributed by atoms with Gasteiger partial charge in [0.15, 0.2) is 0 Å². The lowest BCUT2D eigenvalue weighted by molar-refractivity contribution is 0.621.